The van der Waals surface area contributed by atoms with E-state index in [1.807, 2.05) is 19.4 Å². The highest BCUT2D eigenvalue weighted by molar-refractivity contribution is 7.09. The van der Waals surface area contributed by atoms with Crippen LogP contribution in [-0.4, -0.2) is 23.1 Å². The predicted octanol–water partition coefficient (Wildman–Crippen LogP) is 2.67. The van der Waals surface area contributed by atoms with Crippen LogP contribution in [0.15, 0.2) is 29.9 Å². The first-order valence-corrected chi connectivity index (χ1v) is 7.33. The summed E-state index contributed by atoms with van der Waals surface area (Å²) in [6.45, 7) is 5.99. The Bertz CT molecular complexity index is 479. The van der Waals surface area contributed by atoms with Gasteiger partial charge in [0.1, 0.15) is 5.82 Å². The average molecular weight is 276 g/mol. The molecule has 5 heteroatoms. The first kappa shape index (κ1) is 14.0. The molecule has 0 amide bonds. The van der Waals surface area contributed by atoms with Gasteiger partial charge in [0.15, 0.2) is 0 Å². The van der Waals surface area contributed by atoms with Crippen LogP contribution in [0, 0.1) is 0 Å². The van der Waals surface area contributed by atoms with Gasteiger partial charge in [-0.2, -0.15) is 0 Å². The number of rotatable bonds is 6. The SMILES string of the molecule is CNCc1cnc(N(Cc2cccs2)C(C)C)cn1. The lowest BCUT2D eigenvalue weighted by Crippen LogP contribution is -2.30. The van der Waals surface area contributed by atoms with Gasteiger partial charge in [-0.25, -0.2) is 4.98 Å². The minimum atomic E-state index is 0.395. The zero-order chi connectivity index (χ0) is 13.7. The van der Waals surface area contributed by atoms with E-state index in [1.54, 1.807) is 11.3 Å². The molecule has 0 unspecified atom stereocenters. The van der Waals surface area contributed by atoms with Gasteiger partial charge in [0, 0.05) is 17.5 Å². The third-order valence-corrected chi connectivity index (χ3v) is 3.73. The number of aromatic nitrogens is 2. The molecule has 2 aromatic rings. The molecule has 0 radical (unpaired) electrons. The van der Waals surface area contributed by atoms with Crippen LogP contribution in [0.4, 0.5) is 5.82 Å². The molecule has 2 rings (SSSR count). The minimum absolute atomic E-state index is 0.395. The normalized spacial score (nSPS) is 10.9. The third kappa shape index (κ3) is 3.75. The Kier molecular flexibility index (Phi) is 4.87. The molecular weight excluding hydrogens is 256 g/mol. The fraction of sp³-hybridized carbons (Fsp3) is 0.429. The van der Waals surface area contributed by atoms with E-state index in [1.165, 1.54) is 4.88 Å². The van der Waals surface area contributed by atoms with Gasteiger partial charge >= 0.3 is 0 Å². The fourth-order valence-electron chi connectivity index (χ4n) is 1.87. The van der Waals surface area contributed by atoms with Gasteiger partial charge in [0.2, 0.25) is 0 Å². The number of thiophene rings is 1. The van der Waals surface area contributed by atoms with Crippen molar-refractivity contribution >= 4 is 17.2 Å². The summed E-state index contributed by atoms with van der Waals surface area (Å²) >= 11 is 1.77. The van der Waals surface area contributed by atoms with E-state index >= 15 is 0 Å². The summed E-state index contributed by atoms with van der Waals surface area (Å²) in [6.07, 6.45) is 3.70. The van der Waals surface area contributed by atoms with Crippen LogP contribution in [0.25, 0.3) is 0 Å². The Labute approximate surface area is 118 Å². The molecule has 102 valence electrons. The van der Waals surface area contributed by atoms with Crippen LogP contribution >= 0.6 is 11.3 Å². The summed E-state index contributed by atoms with van der Waals surface area (Å²) in [5.41, 5.74) is 0.964. The molecule has 0 saturated heterocycles. The summed E-state index contributed by atoms with van der Waals surface area (Å²) in [7, 11) is 1.91. The Hall–Kier alpha value is -1.46. The number of anilines is 1. The van der Waals surface area contributed by atoms with E-state index in [0.717, 1.165) is 24.6 Å². The molecule has 0 saturated carbocycles. The lowest BCUT2D eigenvalue weighted by atomic mass is 10.3. The van der Waals surface area contributed by atoms with Crippen molar-refractivity contribution in [1.29, 1.82) is 0 Å². The number of nitrogens with one attached hydrogen (secondary N) is 1. The van der Waals surface area contributed by atoms with Gasteiger partial charge in [0.25, 0.3) is 0 Å². The van der Waals surface area contributed by atoms with Gasteiger partial charge in [-0.1, -0.05) is 6.07 Å². The molecule has 4 nitrogen and oxygen atoms in total. The zero-order valence-electron chi connectivity index (χ0n) is 11.6. The Morgan fingerprint density at radius 2 is 2.16 bits per heavy atom. The standard InChI is InChI=1S/C14H20N4S/c1-11(2)18(10-13-5-4-6-19-13)14-9-16-12(7-15-3)8-17-14/h4-6,8-9,11,15H,7,10H2,1-3H3. The zero-order valence-corrected chi connectivity index (χ0v) is 12.4. The van der Waals surface area contributed by atoms with Gasteiger partial charge in [-0.05, 0) is 32.3 Å². The smallest absolute Gasteiger partial charge is 0.147 e. The quantitative estimate of drug-likeness (QED) is 0.880. The third-order valence-electron chi connectivity index (χ3n) is 2.87. The molecule has 1 N–H and O–H groups in total. The summed E-state index contributed by atoms with van der Waals surface area (Å²) in [5.74, 6) is 0.934. The van der Waals surface area contributed by atoms with E-state index in [0.29, 0.717) is 6.04 Å². The number of hydrogen-bond donors (Lipinski definition) is 1. The molecule has 0 atom stereocenters. The van der Waals surface area contributed by atoms with Crippen molar-refractivity contribution in [2.75, 3.05) is 11.9 Å². The first-order valence-electron chi connectivity index (χ1n) is 6.45. The predicted molar refractivity (Wildman–Crippen MR) is 80.4 cm³/mol. The fourth-order valence-corrected chi connectivity index (χ4v) is 2.57. The van der Waals surface area contributed by atoms with Crippen LogP contribution in [0.3, 0.4) is 0 Å². The van der Waals surface area contributed by atoms with Crippen LogP contribution < -0.4 is 10.2 Å². The second-order valence-electron chi connectivity index (χ2n) is 4.70. The molecule has 2 aromatic heterocycles. The Balaban J connectivity index is 2.14. The molecule has 0 spiro atoms. The maximum Gasteiger partial charge on any atom is 0.147 e. The van der Waals surface area contributed by atoms with Crippen molar-refractivity contribution in [2.24, 2.45) is 0 Å². The highest BCUT2D eigenvalue weighted by Gasteiger charge is 2.13. The van der Waals surface area contributed by atoms with Crippen molar-refractivity contribution in [2.45, 2.75) is 33.0 Å². The first-order chi connectivity index (χ1) is 9.20. The van der Waals surface area contributed by atoms with Crippen LogP contribution in [0.5, 0.6) is 0 Å². The van der Waals surface area contributed by atoms with Gasteiger partial charge in [-0.3, -0.25) is 4.98 Å². The molecule has 0 aromatic carbocycles. The van der Waals surface area contributed by atoms with Crippen molar-refractivity contribution in [3.8, 4) is 0 Å². The summed E-state index contributed by atoms with van der Waals surface area (Å²) in [4.78, 5) is 12.6. The van der Waals surface area contributed by atoms with Gasteiger partial charge in [-0.15, -0.1) is 11.3 Å². The van der Waals surface area contributed by atoms with Gasteiger partial charge in [0.05, 0.1) is 24.6 Å². The van der Waals surface area contributed by atoms with E-state index < -0.39 is 0 Å². The second kappa shape index (κ2) is 6.63. The highest BCUT2D eigenvalue weighted by Crippen LogP contribution is 2.19. The number of nitrogens with zero attached hydrogens (tertiary/aromatic N) is 3. The maximum absolute atomic E-state index is 4.53. The van der Waals surface area contributed by atoms with E-state index in [2.05, 4.69) is 51.5 Å². The minimum Gasteiger partial charge on any atom is -0.348 e. The lowest BCUT2D eigenvalue weighted by Gasteiger charge is -2.27. The van der Waals surface area contributed by atoms with E-state index in [4.69, 9.17) is 0 Å². The van der Waals surface area contributed by atoms with Gasteiger partial charge < -0.3 is 10.2 Å². The molecule has 19 heavy (non-hydrogen) atoms. The van der Waals surface area contributed by atoms with Crippen LogP contribution in [0.1, 0.15) is 24.4 Å². The van der Waals surface area contributed by atoms with Crippen molar-refractivity contribution in [1.82, 2.24) is 15.3 Å². The monoisotopic (exact) mass is 276 g/mol. The Morgan fingerprint density at radius 1 is 1.32 bits per heavy atom. The molecular formula is C14H20N4S. The Morgan fingerprint density at radius 3 is 2.68 bits per heavy atom. The van der Waals surface area contributed by atoms with Crippen LogP contribution in [0.2, 0.25) is 0 Å². The molecule has 2 heterocycles. The number of hydrogen-bond acceptors (Lipinski definition) is 5. The van der Waals surface area contributed by atoms with E-state index in [9.17, 15) is 0 Å². The molecule has 0 aliphatic rings. The topological polar surface area (TPSA) is 41.1 Å². The summed E-state index contributed by atoms with van der Waals surface area (Å²) in [5, 5.41) is 5.18. The second-order valence-corrected chi connectivity index (χ2v) is 5.73. The molecule has 0 bridgehead atoms. The average Bonchev–Trinajstić information content (AvgIpc) is 2.90. The largest absolute Gasteiger partial charge is 0.348 e. The van der Waals surface area contributed by atoms with E-state index in [-0.39, 0.29) is 0 Å². The van der Waals surface area contributed by atoms with Crippen LogP contribution in [-0.2, 0) is 13.1 Å². The van der Waals surface area contributed by atoms with Crippen molar-refractivity contribution in [3.63, 3.8) is 0 Å². The molecule has 0 aliphatic carbocycles. The summed E-state index contributed by atoms with van der Waals surface area (Å²) in [6, 6.07) is 4.63. The van der Waals surface area contributed by atoms with Crippen molar-refractivity contribution < 1.29 is 0 Å². The molecule has 0 aliphatic heterocycles. The maximum atomic E-state index is 4.53. The molecule has 0 fully saturated rings. The lowest BCUT2D eigenvalue weighted by molar-refractivity contribution is 0.672. The summed E-state index contributed by atoms with van der Waals surface area (Å²) < 4.78 is 0. The van der Waals surface area contributed by atoms with Crippen molar-refractivity contribution in [3.05, 3.63) is 40.5 Å². The highest BCUT2D eigenvalue weighted by atomic mass is 32.1.